The van der Waals surface area contributed by atoms with Crippen molar-refractivity contribution in [1.82, 2.24) is 0 Å². The first-order valence-electron chi connectivity index (χ1n) is 14.0. The maximum Gasteiger partial charge on any atom is 0.305 e. The summed E-state index contributed by atoms with van der Waals surface area (Å²) in [5, 5.41) is 11.8. The minimum absolute atomic E-state index is 0.0227. The minimum atomic E-state index is -0.434. The highest BCUT2D eigenvalue weighted by atomic mass is 16.5. The smallest absolute Gasteiger partial charge is 0.305 e. The van der Waals surface area contributed by atoms with Crippen LogP contribution in [0.15, 0.2) is 0 Å². The van der Waals surface area contributed by atoms with E-state index < -0.39 is 6.10 Å². The number of fused-ring (bicyclic) bond motifs is 5. The summed E-state index contributed by atoms with van der Waals surface area (Å²) in [7, 11) is 1.43. The summed E-state index contributed by atoms with van der Waals surface area (Å²) in [6.07, 6.45) is 6.59. The molecule has 7 heteroatoms. The predicted octanol–water partition coefficient (Wildman–Crippen LogP) is 4.68. The fourth-order valence-electron chi connectivity index (χ4n) is 9.42. The van der Waals surface area contributed by atoms with Gasteiger partial charge in [0.2, 0.25) is 0 Å². The van der Waals surface area contributed by atoms with Crippen molar-refractivity contribution >= 4 is 17.9 Å². The molecule has 204 valence electrons. The second-order valence-electron chi connectivity index (χ2n) is 12.8. The Balaban J connectivity index is 1.62. The minimum Gasteiger partial charge on any atom is -0.469 e. The normalized spacial score (nSPS) is 44.4. The summed E-state index contributed by atoms with van der Waals surface area (Å²) in [5.41, 5.74) is -0.248. The van der Waals surface area contributed by atoms with Gasteiger partial charge in [0.05, 0.1) is 13.2 Å². The molecule has 0 spiro atoms. The second kappa shape index (κ2) is 10.3. The lowest BCUT2D eigenvalue weighted by Crippen LogP contribution is -2.63. The first-order chi connectivity index (χ1) is 16.9. The van der Waals surface area contributed by atoms with E-state index in [0.717, 1.165) is 44.9 Å². The molecule has 4 saturated carbocycles. The van der Waals surface area contributed by atoms with Crippen molar-refractivity contribution in [1.29, 1.82) is 0 Å². The van der Waals surface area contributed by atoms with E-state index in [0.29, 0.717) is 24.7 Å². The largest absolute Gasteiger partial charge is 0.469 e. The summed E-state index contributed by atoms with van der Waals surface area (Å²) in [4.78, 5) is 35.7. The Morgan fingerprint density at radius 1 is 0.972 bits per heavy atom. The molecule has 0 aromatic heterocycles. The van der Waals surface area contributed by atoms with Crippen molar-refractivity contribution in [2.24, 2.45) is 46.3 Å². The van der Waals surface area contributed by atoms with Gasteiger partial charge in [-0.15, -0.1) is 0 Å². The third-order valence-electron chi connectivity index (χ3n) is 11.2. The Kier molecular flexibility index (Phi) is 7.81. The monoisotopic (exact) mass is 506 g/mol. The predicted molar refractivity (Wildman–Crippen MR) is 134 cm³/mol. The number of aliphatic hydroxyl groups is 1. The van der Waals surface area contributed by atoms with Gasteiger partial charge in [0, 0.05) is 26.2 Å². The molecule has 0 bridgehead atoms. The van der Waals surface area contributed by atoms with Crippen molar-refractivity contribution in [2.75, 3.05) is 7.11 Å². The summed E-state index contributed by atoms with van der Waals surface area (Å²) < 4.78 is 16.5. The molecule has 0 aromatic carbocycles. The zero-order valence-corrected chi connectivity index (χ0v) is 23.0. The number of methoxy groups -OCH3 is 1. The molecular formula is C29H46O7. The molecule has 4 fully saturated rings. The lowest BCUT2D eigenvalue weighted by Gasteiger charge is -2.64. The van der Waals surface area contributed by atoms with E-state index in [2.05, 4.69) is 20.8 Å². The molecular weight excluding hydrogens is 460 g/mol. The zero-order chi connectivity index (χ0) is 26.4. The van der Waals surface area contributed by atoms with Crippen LogP contribution in [0.25, 0.3) is 0 Å². The van der Waals surface area contributed by atoms with Gasteiger partial charge < -0.3 is 19.3 Å². The van der Waals surface area contributed by atoms with E-state index in [1.165, 1.54) is 21.0 Å². The molecule has 0 aliphatic heterocycles. The van der Waals surface area contributed by atoms with E-state index in [1.807, 2.05) is 0 Å². The van der Waals surface area contributed by atoms with E-state index in [1.54, 1.807) is 0 Å². The second-order valence-corrected chi connectivity index (χ2v) is 12.8. The molecule has 0 radical (unpaired) electrons. The zero-order valence-electron chi connectivity index (χ0n) is 23.0. The number of ether oxygens (including phenoxy) is 3. The Bertz CT molecular complexity index is 857. The van der Waals surface area contributed by atoms with E-state index in [-0.39, 0.29) is 64.6 Å². The number of hydrogen-bond acceptors (Lipinski definition) is 7. The molecule has 0 amide bonds. The van der Waals surface area contributed by atoms with Gasteiger partial charge in [0.25, 0.3) is 0 Å². The topological polar surface area (TPSA) is 99.1 Å². The van der Waals surface area contributed by atoms with Crippen LogP contribution in [0.2, 0.25) is 0 Å². The number of carbonyl (C=O) groups excluding carboxylic acids is 3. The molecule has 4 rings (SSSR count). The molecule has 0 heterocycles. The Morgan fingerprint density at radius 3 is 2.31 bits per heavy atom. The maximum atomic E-state index is 12.2. The lowest BCUT2D eigenvalue weighted by atomic mass is 9.43. The van der Waals surface area contributed by atoms with Crippen molar-refractivity contribution < 1.29 is 33.7 Å². The van der Waals surface area contributed by atoms with Crippen LogP contribution >= 0.6 is 0 Å². The van der Waals surface area contributed by atoms with E-state index in [4.69, 9.17) is 14.2 Å². The number of esters is 3. The third kappa shape index (κ3) is 4.69. The van der Waals surface area contributed by atoms with Crippen LogP contribution < -0.4 is 0 Å². The standard InChI is InChI=1S/C29H46O7/c1-16(7-10-26(33)34-6)21-8-9-22-27-23(15-25(32)29(21,22)5)28(4)12-11-20(35-17(2)30)13-19(28)14-24(27)36-18(3)31/h16,19-25,27,32H,7-15H2,1-6H3/t16-,19+,20-,21-,22+,23+,24+,25+,27+,28+,29-/m1/s1. The van der Waals surface area contributed by atoms with Gasteiger partial charge >= 0.3 is 17.9 Å². The van der Waals surface area contributed by atoms with Crippen LogP contribution in [-0.4, -0.2) is 48.4 Å². The highest BCUT2D eigenvalue weighted by Crippen LogP contribution is 2.68. The molecule has 0 aromatic rings. The molecule has 0 saturated heterocycles. The quantitative estimate of drug-likeness (QED) is 0.412. The summed E-state index contributed by atoms with van der Waals surface area (Å²) in [6.45, 7) is 9.78. The van der Waals surface area contributed by atoms with Crippen molar-refractivity contribution in [3.05, 3.63) is 0 Å². The van der Waals surface area contributed by atoms with Crippen LogP contribution in [0.3, 0.4) is 0 Å². The SMILES string of the molecule is COC(=O)CC[C@@H](C)[C@H]1CC[C@H]2[C@@H]3[C@@H](OC(C)=O)C[C@@H]4C[C@H](OC(C)=O)CC[C@]4(C)[C@H]3C[C@H](O)[C@]12C. The average molecular weight is 507 g/mol. The lowest BCUT2D eigenvalue weighted by molar-refractivity contribution is -0.218. The third-order valence-corrected chi connectivity index (χ3v) is 11.2. The van der Waals surface area contributed by atoms with Gasteiger partial charge in [-0.3, -0.25) is 14.4 Å². The summed E-state index contributed by atoms with van der Waals surface area (Å²) in [6, 6.07) is 0. The number of carbonyl (C=O) groups is 3. The molecule has 4 aliphatic carbocycles. The van der Waals surface area contributed by atoms with Gasteiger partial charge in [-0.25, -0.2) is 0 Å². The Labute approximate surface area is 216 Å². The molecule has 7 nitrogen and oxygen atoms in total. The molecule has 4 aliphatic rings. The van der Waals surface area contributed by atoms with Crippen LogP contribution in [0.4, 0.5) is 0 Å². The van der Waals surface area contributed by atoms with Crippen molar-refractivity contribution in [2.45, 2.75) is 111 Å². The van der Waals surface area contributed by atoms with Crippen molar-refractivity contribution in [3.8, 4) is 0 Å². The molecule has 1 N–H and O–H groups in total. The fraction of sp³-hybridized carbons (Fsp3) is 0.897. The molecule has 0 unspecified atom stereocenters. The number of hydrogen-bond donors (Lipinski definition) is 1. The van der Waals surface area contributed by atoms with Gasteiger partial charge in [0.15, 0.2) is 0 Å². The summed E-state index contributed by atoms with van der Waals surface area (Å²) >= 11 is 0. The molecule has 11 atom stereocenters. The first-order valence-corrected chi connectivity index (χ1v) is 14.0. The van der Waals surface area contributed by atoms with Gasteiger partial charge in [-0.2, -0.15) is 0 Å². The van der Waals surface area contributed by atoms with Crippen LogP contribution in [0, 0.1) is 46.3 Å². The van der Waals surface area contributed by atoms with Crippen LogP contribution in [0.5, 0.6) is 0 Å². The Hall–Kier alpha value is -1.63. The first kappa shape index (κ1) is 27.4. The van der Waals surface area contributed by atoms with Gasteiger partial charge in [-0.1, -0.05) is 20.8 Å². The highest BCUT2D eigenvalue weighted by Gasteiger charge is 2.66. The molecule has 36 heavy (non-hydrogen) atoms. The van der Waals surface area contributed by atoms with Crippen LogP contribution in [0.1, 0.15) is 92.4 Å². The highest BCUT2D eigenvalue weighted by molar-refractivity contribution is 5.69. The fourth-order valence-corrected chi connectivity index (χ4v) is 9.42. The Morgan fingerprint density at radius 2 is 1.67 bits per heavy atom. The van der Waals surface area contributed by atoms with Gasteiger partial charge in [0.1, 0.15) is 12.2 Å². The van der Waals surface area contributed by atoms with Crippen LogP contribution in [-0.2, 0) is 28.6 Å². The average Bonchev–Trinajstić information content (AvgIpc) is 3.16. The maximum absolute atomic E-state index is 12.2. The van der Waals surface area contributed by atoms with Crippen molar-refractivity contribution in [3.63, 3.8) is 0 Å². The van der Waals surface area contributed by atoms with E-state index >= 15 is 0 Å². The summed E-state index contributed by atoms with van der Waals surface area (Å²) in [5.74, 6) is 0.965. The van der Waals surface area contributed by atoms with Gasteiger partial charge in [-0.05, 0) is 91.8 Å². The number of rotatable bonds is 6. The van der Waals surface area contributed by atoms with E-state index in [9.17, 15) is 19.5 Å². The number of aliphatic hydroxyl groups excluding tert-OH is 1.